The van der Waals surface area contributed by atoms with Crippen LogP contribution in [0.2, 0.25) is 0 Å². The number of nitro benzene ring substituents is 1. The van der Waals surface area contributed by atoms with Crippen molar-refractivity contribution >= 4 is 43.0 Å². The topological polar surface area (TPSA) is 111 Å². The van der Waals surface area contributed by atoms with Crippen LogP contribution in [0.25, 0.3) is 10.2 Å². The quantitative estimate of drug-likeness (QED) is 0.563. The number of anilines is 1. The highest BCUT2D eigenvalue weighted by atomic mass is 32.2. The molecule has 2 aromatic carbocycles. The normalized spacial score (nSPS) is 11.5. The van der Waals surface area contributed by atoms with Gasteiger partial charge in [0.1, 0.15) is 0 Å². The number of fused-ring (bicyclic) bond motifs is 1. The van der Waals surface area contributed by atoms with Crippen molar-refractivity contribution in [3.8, 4) is 0 Å². The highest BCUT2D eigenvalue weighted by Gasteiger charge is 2.25. The van der Waals surface area contributed by atoms with Gasteiger partial charge in [0, 0.05) is 13.1 Å². The molecule has 0 aliphatic carbocycles. The van der Waals surface area contributed by atoms with Gasteiger partial charge < -0.3 is 4.57 Å². The van der Waals surface area contributed by atoms with Gasteiger partial charge in [-0.2, -0.15) is 0 Å². The lowest BCUT2D eigenvalue weighted by Crippen LogP contribution is -2.14. The summed E-state index contributed by atoms with van der Waals surface area (Å²) >= 11 is 0.987. The van der Waals surface area contributed by atoms with Crippen molar-refractivity contribution < 1.29 is 13.3 Å². The van der Waals surface area contributed by atoms with E-state index in [-0.39, 0.29) is 10.6 Å². The second-order valence-electron chi connectivity index (χ2n) is 4.94. The third kappa shape index (κ3) is 2.76. The molecule has 0 saturated carbocycles. The predicted octanol–water partition coefficient (Wildman–Crippen LogP) is 2.31. The Labute approximate surface area is 140 Å². The number of nitrogens with zero attached hydrogens (tertiary/aromatic N) is 2. The van der Waals surface area contributed by atoms with E-state index in [1.807, 2.05) is 0 Å². The Morgan fingerprint density at radius 3 is 2.62 bits per heavy atom. The van der Waals surface area contributed by atoms with E-state index in [9.17, 15) is 23.3 Å². The zero-order chi connectivity index (χ0) is 17.5. The maximum atomic E-state index is 12.5. The lowest BCUT2D eigenvalue weighted by atomic mass is 10.3. The van der Waals surface area contributed by atoms with Crippen molar-refractivity contribution in [1.29, 1.82) is 0 Å². The molecule has 0 fully saturated rings. The van der Waals surface area contributed by atoms with Gasteiger partial charge in [0.25, 0.3) is 15.7 Å². The average molecular weight is 365 g/mol. The number of para-hydroxylation sites is 1. The van der Waals surface area contributed by atoms with E-state index < -0.39 is 25.5 Å². The highest BCUT2D eigenvalue weighted by Crippen LogP contribution is 2.27. The predicted molar refractivity (Wildman–Crippen MR) is 91.0 cm³/mol. The van der Waals surface area contributed by atoms with Crippen molar-refractivity contribution in [2.45, 2.75) is 4.90 Å². The zero-order valence-corrected chi connectivity index (χ0v) is 13.9. The number of nitro groups is 1. The van der Waals surface area contributed by atoms with Gasteiger partial charge in [-0.05, 0) is 24.3 Å². The van der Waals surface area contributed by atoms with Crippen LogP contribution in [0.3, 0.4) is 0 Å². The van der Waals surface area contributed by atoms with Crippen molar-refractivity contribution in [1.82, 2.24) is 4.57 Å². The number of sulfonamides is 1. The molecule has 8 nitrogen and oxygen atoms in total. The Kier molecular flexibility index (Phi) is 3.85. The van der Waals surface area contributed by atoms with Gasteiger partial charge in [0.2, 0.25) is 0 Å². The first kappa shape index (κ1) is 16.1. The molecule has 10 heteroatoms. The number of nitrogens with one attached hydrogen (secondary N) is 1. The number of rotatable bonds is 4. The molecule has 3 rings (SSSR count). The molecule has 0 aliphatic heterocycles. The third-order valence-electron chi connectivity index (χ3n) is 3.40. The molecule has 0 spiro atoms. The minimum Gasteiger partial charge on any atom is -0.302 e. The van der Waals surface area contributed by atoms with Crippen molar-refractivity contribution in [2.24, 2.45) is 7.05 Å². The maximum absolute atomic E-state index is 12.5. The van der Waals surface area contributed by atoms with Crippen LogP contribution in [0, 0.1) is 10.1 Å². The Morgan fingerprint density at radius 2 is 1.92 bits per heavy atom. The van der Waals surface area contributed by atoms with Gasteiger partial charge in [-0.1, -0.05) is 23.5 Å². The smallest absolute Gasteiger partial charge is 0.302 e. The Morgan fingerprint density at radius 1 is 1.21 bits per heavy atom. The van der Waals surface area contributed by atoms with Crippen LogP contribution in [0.15, 0.2) is 52.2 Å². The van der Waals surface area contributed by atoms with Gasteiger partial charge in [-0.3, -0.25) is 19.6 Å². The zero-order valence-electron chi connectivity index (χ0n) is 12.3. The van der Waals surface area contributed by atoms with Crippen LogP contribution in [0.4, 0.5) is 11.4 Å². The molecule has 1 aromatic heterocycles. The molecule has 124 valence electrons. The molecule has 0 bridgehead atoms. The highest BCUT2D eigenvalue weighted by molar-refractivity contribution is 7.92. The van der Waals surface area contributed by atoms with Crippen LogP contribution in [-0.2, 0) is 17.1 Å². The Hall–Kier alpha value is -2.72. The monoisotopic (exact) mass is 365 g/mol. The lowest BCUT2D eigenvalue weighted by Gasteiger charge is -2.08. The van der Waals surface area contributed by atoms with Gasteiger partial charge >= 0.3 is 4.87 Å². The summed E-state index contributed by atoms with van der Waals surface area (Å²) in [6.45, 7) is 0. The maximum Gasteiger partial charge on any atom is 0.307 e. The Balaban J connectivity index is 2.04. The minimum absolute atomic E-state index is 0.163. The summed E-state index contributed by atoms with van der Waals surface area (Å²) in [5.74, 6) is 0. The summed E-state index contributed by atoms with van der Waals surface area (Å²) in [7, 11) is -2.51. The standard InChI is InChI=1S/C14H11N3O5S2/c1-16-10-7-6-9(8-12(10)23-14(16)18)15-24(21,22)13-5-3-2-4-11(13)17(19)20/h2-8,15H,1H3. The summed E-state index contributed by atoms with van der Waals surface area (Å²) in [6, 6.07) is 9.73. The molecule has 0 aliphatic rings. The van der Waals surface area contributed by atoms with E-state index in [1.165, 1.54) is 34.9 Å². The van der Waals surface area contributed by atoms with Gasteiger partial charge in [-0.15, -0.1) is 0 Å². The first-order valence-electron chi connectivity index (χ1n) is 6.65. The van der Waals surface area contributed by atoms with Gasteiger partial charge in [-0.25, -0.2) is 8.42 Å². The largest absolute Gasteiger partial charge is 0.307 e. The summed E-state index contributed by atoms with van der Waals surface area (Å²) in [5, 5.41) is 11.0. The average Bonchev–Trinajstić information content (AvgIpc) is 2.81. The van der Waals surface area contributed by atoms with Crippen molar-refractivity contribution in [3.05, 3.63) is 62.2 Å². The molecule has 0 atom stereocenters. The summed E-state index contributed by atoms with van der Waals surface area (Å²) in [6.07, 6.45) is 0. The van der Waals surface area contributed by atoms with Gasteiger partial charge in [0.05, 0.1) is 20.8 Å². The van der Waals surface area contributed by atoms with E-state index >= 15 is 0 Å². The molecule has 24 heavy (non-hydrogen) atoms. The minimum atomic E-state index is -4.13. The number of benzene rings is 2. The summed E-state index contributed by atoms with van der Waals surface area (Å²) in [4.78, 5) is 21.3. The van der Waals surface area contributed by atoms with Gasteiger partial charge in [0.15, 0.2) is 4.90 Å². The van der Waals surface area contributed by atoms with E-state index in [0.717, 1.165) is 17.4 Å². The summed E-state index contributed by atoms with van der Waals surface area (Å²) in [5.41, 5.74) is 0.400. The third-order valence-corrected chi connectivity index (χ3v) is 5.82. The molecule has 1 N–H and O–H groups in total. The number of aromatic nitrogens is 1. The van der Waals surface area contributed by atoms with Crippen LogP contribution in [-0.4, -0.2) is 17.9 Å². The van der Waals surface area contributed by atoms with Crippen molar-refractivity contribution in [2.75, 3.05) is 4.72 Å². The molecule has 3 aromatic rings. The first-order valence-corrected chi connectivity index (χ1v) is 8.95. The van der Waals surface area contributed by atoms with Crippen LogP contribution >= 0.6 is 11.3 Å². The molecule has 0 saturated heterocycles. The Bertz CT molecular complexity index is 1110. The van der Waals surface area contributed by atoms with E-state index in [0.29, 0.717) is 10.2 Å². The van der Waals surface area contributed by atoms with Crippen molar-refractivity contribution in [3.63, 3.8) is 0 Å². The fourth-order valence-corrected chi connectivity index (χ4v) is 4.38. The fraction of sp³-hybridized carbons (Fsp3) is 0.0714. The van der Waals surface area contributed by atoms with E-state index in [1.54, 1.807) is 13.1 Å². The second-order valence-corrected chi connectivity index (χ2v) is 7.58. The van der Waals surface area contributed by atoms with Crippen LogP contribution < -0.4 is 9.60 Å². The van der Waals surface area contributed by atoms with E-state index in [2.05, 4.69) is 4.72 Å². The first-order chi connectivity index (χ1) is 11.3. The number of hydrogen-bond acceptors (Lipinski definition) is 6. The summed E-state index contributed by atoms with van der Waals surface area (Å²) < 4.78 is 29.3. The molecular formula is C14H11N3O5S2. The molecule has 0 unspecified atom stereocenters. The lowest BCUT2D eigenvalue weighted by molar-refractivity contribution is -0.387. The SMILES string of the molecule is Cn1c(=O)sc2cc(NS(=O)(=O)c3ccccc3[N+](=O)[O-])ccc21. The van der Waals surface area contributed by atoms with Crippen LogP contribution in [0.1, 0.15) is 0 Å². The van der Waals surface area contributed by atoms with E-state index in [4.69, 9.17) is 0 Å². The second kappa shape index (κ2) is 5.73. The molecule has 0 amide bonds. The number of thiazole rings is 1. The number of hydrogen-bond donors (Lipinski definition) is 1. The van der Waals surface area contributed by atoms with Crippen LogP contribution in [0.5, 0.6) is 0 Å². The molecule has 1 heterocycles. The molecular weight excluding hydrogens is 354 g/mol. The number of aryl methyl sites for hydroxylation is 1. The molecule has 0 radical (unpaired) electrons. The fourth-order valence-electron chi connectivity index (χ4n) is 2.24.